The fourth-order valence-electron chi connectivity index (χ4n) is 3.05. The van der Waals surface area contributed by atoms with Crippen LogP contribution in [0.4, 0.5) is 5.82 Å². The van der Waals surface area contributed by atoms with E-state index in [1.165, 1.54) is 0 Å². The fraction of sp³-hybridized carbons (Fsp3) is 0.250. The van der Waals surface area contributed by atoms with Gasteiger partial charge in [-0.05, 0) is 35.7 Å². The predicted molar refractivity (Wildman–Crippen MR) is 116 cm³/mol. The van der Waals surface area contributed by atoms with E-state index in [9.17, 15) is 4.79 Å². The number of halogens is 2. The summed E-state index contributed by atoms with van der Waals surface area (Å²) in [4.78, 5) is 17.5. The zero-order valence-corrected chi connectivity index (χ0v) is 17.8. The van der Waals surface area contributed by atoms with Gasteiger partial charge in [0.25, 0.3) is 5.91 Å². The molecule has 3 heterocycles. The van der Waals surface area contributed by atoms with Crippen LogP contribution in [0.5, 0.6) is 5.75 Å². The smallest absolute Gasteiger partial charge is 0.260 e. The van der Waals surface area contributed by atoms with Gasteiger partial charge in [-0.2, -0.15) is 0 Å². The number of rotatable bonds is 5. The van der Waals surface area contributed by atoms with Crippen LogP contribution < -0.4 is 9.64 Å². The van der Waals surface area contributed by atoms with Gasteiger partial charge in [0.05, 0.1) is 9.90 Å². The van der Waals surface area contributed by atoms with Crippen molar-refractivity contribution in [2.45, 2.75) is 0 Å². The first-order chi connectivity index (χ1) is 14.1. The SMILES string of the molecule is O=C(COc1cc(Cl)ccc1Cl)N1CCN(c2ccc(-c3cccs3)nn2)CC1. The molecule has 6 nitrogen and oxygen atoms in total. The third-order valence-electron chi connectivity index (χ3n) is 4.62. The van der Waals surface area contributed by atoms with Gasteiger partial charge in [-0.1, -0.05) is 29.3 Å². The molecule has 0 saturated carbocycles. The number of anilines is 1. The van der Waals surface area contributed by atoms with Gasteiger partial charge >= 0.3 is 0 Å². The molecule has 1 aromatic carbocycles. The van der Waals surface area contributed by atoms with Crippen molar-refractivity contribution in [1.29, 1.82) is 0 Å². The lowest BCUT2D eigenvalue weighted by molar-refractivity contribution is -0.133. The molecule has 3 aromatic rings. The number of carbonyl (C=O) groups excluding carboxylic acids is 1. The second-order valence-electron chi connectivity index (χ2n) is 6.49. The molecule has 0 radical (unpaired) electrons. The van der Waals surface area contributed by atoms with Gasteiger partial charge in [0.2, 0.25) is 0 Å². The van der Waals surface area contributed by atoms with Gasteiger partial charge < -0.3 is 14.5 Å². The van der Waals surface area contributed by atoms with E-state index in [0.29, 0.717) is 42.0 Å². The molecular formula is C20H18Cl2N4O2S. The summed E-state index contributed by atoms with van der Waals surface area (Å²) < 4.78 is 5.55. The molecule has 0 spiro atoms. The molecule has 29 heavy (non-hydrogen) atoms. The Bertz CT molecular complexity index is 975. The van der Waals surface area contributed by atoms with Crippen LogP contribution in [0.15, 0.2) is 47.8 Å². The lowest BCUT2D eigenvalue weighted by Crippen LogP contribution is -2.50. The van der Waals surface area contributed by atoms with Crippen LogP contribution in [0.3, 0.4) is 0 Å². The molecule has 4 rings (SSSR count). The Morgan fingerprint density at radius 1 is 1.07 bits per heavy atom. The zero-order valence-electron chi connectivity index (χ0n) is 15.4. The maximum absolute atomic E-state index is 12.5. The molecule has 1 aliphatic heterocycles. The molecule has 0 atom stereocenters. The molecule has 0 aliphatic carbocycles. The highest BCUT2D eigenvalue weighted by Crippen LogP contribution is 2.28. The summed E-state index contributed by atoms with van der Waals surface area (Å²) in [5.74, 6) is 1.14. The summed E-state index contributed by atoms with van der Waals surface area (Å²) in [6.45, 7) is 2.50. The number of piperazine rings is 1. The molecule has 150 valence electrons. The van der Waals surface area contributed by atoms with Crippen molar-refractivity contribution in [2.24, 2.45) is 0 Å². The van der Waals surface area contributed by atoms with Crippen LogP contribution in [0.1, 0.15) is 0 Å². The fourth-order valence-corrected chi connectivity index (χ4v) is 4.08. The van der Waals surface area contributed by atoms with Crippen LogP contribution in [-0.4, -0.2) is 53.8 Å². The normalized spacial score (nSPS) is 14.1. The first-order valence-corrected chi connectivity index (χ1v) is 10.7. The maximum Gasteiger partial charge on any atom is 0.260 e. The van der Waals surface area contributed by atoms with Crippen molar-refractivity contribution >= 4 is 46.3 Å². The number of nitrogens with zero attached hydrogens (tertiary/aromatic N) is 4. The second-order valence-corrected chi connectivity index (χ2v) is 8.28. The van der Waals surface area contributed by atoms with E-state index in [0.717, 1.165) is 16.4 Å². The van der Waals surface area contributed by atoms with Gasteiger partial charge in [0.1, 0.15) is 11.4 Å². The van der Waals surface area contributed by atoms with Gasteiger partial charge in [0, 0.05) is 37.3 Å². The maximum atomic E-state index is 12.5. The molecular weight excluding hydrogens is 431 g/mol. The van der Waals surface area contributed by atoms with E-state index < -0.39 is 0 Å². The minimum Gasteiger partial charge on any atom is -0.482 e. The number of benzene rings is 1. The van der Waals surface area contributed by atoms with Crippen LogP contribution in [0.2, 0.25) is 10.0 Å². The van der Waals surface area contributed by atoms with Crippen molar-refractivity contribution in [3.8, 4) is 16.3 Å². The Morgan fingerprint density at radius 2 is 1.90 bits per heavy atom. The molecule has 0 unspecified atom stereocenters. The van der Waals surface area contributed by atoms with Crippen molar-refractivity contribution in [1.82, 2.24) is 15.1 Å². The van der Waals surface area contributed by atoms with Gasteiger partial charge in [-0.3, -0.25) is 4.79 Å². The summed E-state index contributed by atoms with van der Waals surface area (Å²) in [6.07, 6.45) is 0. The lowest BCUT2D eigenvalue weighted by atomic mass is 10.3. The number of hydrogen-bond acceptors (Lipinski definition) is 6. The minimum atomic E-state index is -0.0835. The number of ether oxygens (including phenoxy) is 1. The Kier molecular flexibility index (Phi) is 6.18. The zero-order chi connectivity index (χ0) is 20.2. The first kappa shape index (κ1) is 19.9. The first-order valence-electron chi connectivity index (χ1n) is 9.08. The van der Waals surface area contributed by atoms with Gasteiger partial charge in [-0.25, -0.2) is 0 Å². The van der Waals surface area contributed by atoms with Crippen molar-refractivity contribution in [2.75, 3.05) is 37.7 Å². The molecule has 1 fully saturated rings. The monoisotopic (exact) mass is 448 g/mol. The average Bonchev–Trinajstić information content (AvgIpc) is 3.29. The standard InChI is InChI=1S/C20H18Cl2N4O2S/c21-14-3-4-15(22)17(12-14)28-13-20(27)26-9-7-25(8-10-26)19-6-5-16(23-24-19)18-2-1-11-29-18/h1-6,11-12H,7-10,13H2. The van der Waals surface area contributed by atoms with E-state index in [1.54, 1.807) is 34.4 Å². The molecule has 0 bridgehead atoms. The molecule has 9 heteroatoms. The Hall–Kier alpha value is -2.35. The molecule has 1 amide bonds. The van der Waals surface area contributed by atoms with Gasteiger partial charge in [0.15, 0.2) is 12.4 Å². The van der Waals surface area contributed by atoms with Crippen LogP contribution >= 0.6 is 34.5 Å². The van der Waals surface area contributed by atoms with E-state index in [2.05, 4.69) is 15.1 Å². The van der Waals surface area contributed by atoms with Crippen molar-refractivity contribution < 1.29 is 9.53 Å². The Labute approximate surface area is 182 Å². The second kappa shape index (κ2) is 8.98. The number of hydrogen-bond donors (Lipinski definition) is 0. The number of amides is 1. The summed E-state index contributed by atoms with van der Waals surface area (Å²) in [5, 5.41) is 11.6. The third kappa shape index (κ3) is 4.80. The highest BCUT2D eigenvalue weighted by Gasteiger charge is 2.22. The van der Waals surface area contributed by atoms with Gasteiger partial charge in [-0.15, -0.1) is 21.5 Å². The Balaban J connectivity index is 1.29. The molecule has 1 aliphatic rings. The number of carbonyl (C=O) groups is 1. The van der Waals surface area contributed by atoms with Crippen LogP contribution in [0, 0.1) is 0 Å². The topological polar surface area (TPSA) is 58.6 Å². The summed E-state index contributed by atoms with van der Waals surface area (Å²) in [5.41, 5.74) is 0.870. The van der Waals surface area contributed by atoms with Crippen LogP contribution in [0.25, 0.3) is 10.6 Å². The Morgan fingerprint density at radius 3 is 2.59 bits per heavy atom. The summed E-state index contributed by atoms with van der Waals surface area (Å²) in [6, 6.07) is 12.9. The van der Waals surface area contributed by atoms with Crippen molar-refractivity contribution in [3.05, 3.63) is 57.9 Å². The highest BCUT2D eigenvalue weighted by molar-refractivity contribution is 7.13. The number of thiophene rings is 1. The van der Waals surface area contributed by atoms with E-state index >= 15 is 0 Å². The largest absolute Gasteiger partial charge is 0.482 e. The summed E-state index contributed by atoms with van der Waals surface area (Å²) >= 11 is 13.7. The van der Waals surface area contributed by atoms with E-state index in [1.807, 2.05) is 29.6 Å². The van der Waals surface area contributed by atoms with E-state index in [-0.39, 0.29) is 12.5 Å². The highest BCUT2D eigenvalue weighted by atomic mass is 35.5. The van der Waals surface area contributed by atoms with Crippen molar-refractivity contribution in [3.63, 3.8) is 0 Å². The van der Waals surface area contributed by atoms with E-state index in [4.69, 9.17) is 27.9 Å². The molecule has 2 aromatic heterocycles. The predicted octanol–water partition coefficient (Wildman–Crippen LogP) is 4.24. The minimum absolute atomic E-state index is 0.0740. The molecule has 1 saturated heterocycles. The molecule has 0 N–H and O–H groups in total. The summed E-state index contributed by atoms with van der Waals surface area (Å²) in [7, 11) is 0. The average molecular weight is 449 g/mol. The van der Waals surface area contributed by atoms with Crippen LogP contribution in [-0.2, 0) is 4.79 Å². The third-order valence-corrected chi connectivity index (χ3v) is 6.06. The lowest BCUT2D eigenvalue weighted by Gasteiger charge is -2.35. The quantitative estimate of drug-likeness (QED) is 0.583. The number of aromatic nitrogens is 2.